The van der Waals surface area contributed by atoms with Gasteiger partial charge in [0.15, 0.2) is 11.4 Å². The Balaban J connectivity index is 2.55. The summed E-state index contributed by atoms with van der Waals surface area (Å²) in [5, 5.41) is 0.0829. The number of nitrogens with zero attached hydrogens (tertiary/aromatic N) is 1. The molecule has 3 rings (SSSR count). The van der Waals surface area contributed by atoms with Crippen molar-refractivity contribution in [3.8, 4) is 11.3 Å². The van der Waals surface area contributed by atoms with Gasteiger partial charge in [0.1, 0.15) is 5.58 Å². The maximum Gasteiger partial charge on any atom is 0.245 e. The van der Waals surface area contributed by atoms with E-state index in [1.165, 1.54) is 6.07 Å². The number of sulfonamides is 2. The fraction of sp³-hybridized carbons (Fsp3) is 0.118. The van der Waals surface area contributed by atoms with Crippen molar-refractivity contribution in [2.24, 2.45) is 0 Å². The number of rotatable bonds is 4. The van der Waals surface area contributed by atoms with E-state index >= 15 is 0 Å². The van der Waals surface area contributed by atoms with Crippen molar-refractivity contribution >= 4 is 36.7 Å². The molecule has 0 unspecified atom stereocenters. The lowest BCUT2D eigenvalue weighted by molar-refractivity contribution is 0.587. The van der Waals surface area contributed by atoms with Crippen LogP contribution in [-0.4, -0.2) is 29.3 Å². The van der Waals surface area contributed by atoms with E-state index in [0.29, 0.717) is 5.56 Å². The molecule has 0 amide bonds. The number of para-hydroxylation sites is 1. The molecule has 0 N–H and O–H groups in total. The number of hydrogen-bond donors (Lipinski definition) is 0. The SMILES string of the molecule is CS(=O)(=O)N(c1c(-c2ccccc2)oc2ccccc2c1=O)S(C)(=O)=O. The highest BCUT2D eigenvalue weighted by Gasteiger charge is 2.34. The van der Waals surface area contributed by atoms with Crippen LogP contribution in [0.1, 0.15) is 0 Å². The molecule has 0 aliphatic carbocycles. The topological polar surface area (TPSA) is 102 Å². The van der Waals surface area contributed by atoms with E-state index in [-0.39, 0.29) is 20.4 Å². The third kappa shape index (κ3) is 3.23. The minimum Gasteiger partial charge on any atom is -0.454 e. The average Bonchev–Trinajstić information content (AvgIpc) is 2.55. The molecule has 0 aliphatic rings. The molecule has 2 aromatic carbocycles. The zero-order valence-electron chi connectivity index (χ0n) is 13.9. The Labute approximate surface area is 150 Å². The second-order valence-electron chi connectivity index (χ2n) is 5.69. The Hall–Kier alpha value is -2.65. The van der Waals surface area contributed by atoms with Crippen LogP contribution in [0.3, 0.4) is 0 Å². The molecule has 0 aliphatic heterocycles. The van der Waals surface area contributed by atoms with E-state index in [1.54, 1.807) is 48.5 Å². The Morgan fingerprint density at radius 1 is 0.808 bits per heavy atom. The third-order valence-corrected chi connectivity index (χ3v) is 6.79. The Morgan fingerprint density at radius 2 is 1.35 bits per heavy atom. The maximum absolute atomic E-state index is 13.0. The van der Waals surface area contributed by atoms with Gasteiger partial charge in [0.2, 0.25) is 25.5 Å². The largest absolute Gasteiger partial charge is 0.454 e. The molecule has 0 fully saturated rings. The lowest BCUT2D eigenvalue weighted by Gasteiger charge is -2.21. The fourth-order valence-electron chi connectivity index (χ4n) is 2.66. The predicted octanol–water partition coefficient (Wildman–Crippen LogP) is 2.19. The second kappa shape index (κ2) is 6.26. The van der Waals surface area contributed by atoms with Gasteiger partial charge in [0, 0.05) is 5.56 Å². The van der Waals surface area contributed by atoms with Gasteiger partial charge in [-0.05, 0) is 12.1 Å². The van der Waals surface area contributed by atoms with Crippen molar-refractivity contribution < 1.29 is 21.3 Å². The van der Waals surface area contributed by atoms with Gasteiger partial charge in [-0.1, -0.05) is 42.5 Å². The minimum atomic E-state index is -4.31. The van der Waals surface area contributed by atoms with Crippen LogP contribution in [0.15, 0.2) is 63.8 Å². The molecule has 0 bridgehead atoms. The van der Waals surface area contributed by atoms with Crippen LogP contribution < -0.4 is 9.14 Å². The Morgan fingerprint density at radius 3 is 1.92 bits per heavy atom. The molecule has 3 aromatic rings. The quantitative estimate of drug-likeness (QED) is 0.673. The zero-order valence-corrected chi connectivity index (χ0v) is 15.5. The molecule has 0 spiro atoms. The molecule has 0 saturated carbocycles. The fourth-order valence-corrected chi connectivity index (χ4v) is 5.62. The molecule has 7 nitrogen and oxygen atoms in total. The van der Waals surface area contributed by atoms with Crippen molar-refractivity contribution in [3.05, 3.63) is 64.8 Å². The van der Waals surface area contributed by atoms with Gasteiger partial charge >= 0.3 is 0 Å². The highest BCUT2D eigenvalue weighted by molar-refractivity contribution is 8.09. The van der Waals surface area contributed by atoms with Crippen molar-refractivity contribution in [1.82, 2.24) is 0 Å². The number of benzene rings is 2. The first-order valence-corrected chi connectivity index (χ1v) is 11.1. The molecular formula is C17H15NO6S2. The summed E-state index contributed by atoms with van der Waals surface area (Å²) in [4.78, 5) is 13.0. The lowest BCUT2D eigenvalue weighted by Crippen LogP contribution is -2.38. The zero-order chi connectivity index (χ0) is 19.1. The molecule has 9 heteroatoms. The van der Waals surface area contributed by atoms with Crippen LogP contribution in [0.25, 0.3) is 22.3 Å². The summed E-state index contributed by atoms with van der Waals surface area (Å²) in [5.74, 6) is -0.134. The highest BCUT2D eigenvalue weighted by Crippen LogP contribution is 2.33. The smallest absolute Gasteiger partial charge is 0.245 e. The molecule has 0 saturated heterocycles. The second-order valence-corrected chi connectivity index (χ2v) is 9.59. The van der Waals surface area contributed by atoms with Gasteiger partial charge in [0.05, 0.1) is 17.9 Å². The molecule has 1 heterocycles. The van der Waals surface area contributed by atoms with Gasteiger partial charge < -0.3 is 4.42 Å². The van der Waals surface area contributed by atoms with Crippen molar-refractivity contribution in [1.29, 1.82) is 0 Å². The van der Waals surface area contributed by atoms with E-state index in [2.05, 4.69) is 0 Å². The summed E-state index contributed by atoms with van der Waals surface area (Å²) < 4.78 is 54.8. The molecule has 136 valence electrons. The molecular weight excluding hydrogens is 378 g/mol. The molecule has 0 radical (unpaired) electrons. The summed E-state index contributed by atoms with van der Waals surface area (Å²) in [7, 11) is -8.62. The van der Waals surface area contributed by atoms with Crippen LogP contribution in [0.5, 0.6) is 0 Å². The number of anilines is 1. The number of hydrogen-bond acceptors (Lipinski definition) is 6. The predicted molar refractivity (Wildman–Crippen MR) is 100 cm³/mol. The van der Waals surface area contributed by atoms with Gasteiger partial charge in [-0.15, -0.1) is 0 Å². The van der Waals surface area contributed by atoms with Gasteiger partial charge in [-0.2, -0.15) is 3.71 Å². The molecule has 1 aromatic heterocycles. The normalized spacial score (nSPS) is 12.2. The van der Waals surface area contributed by atoms with Crippen LogP contribution in [0.4, 0.5) is 5.69 Å². The summed E-state index contributed by atoms with van der Waals surface area (Å²) in [6, 6.07) is 14.5. The third-order valence-electron chi connectivity index (χ3n) is 3.59. The van der Waals surface area contributed by atoms with E-state index in [0.717, 1.165) is 12.5 Å². The first-order chi connectivity index (χ1) is 12.1. The van der Waals surface area contributed by atoms with Crippen molar-refractivity contribution in [3.63, 3.8) is 0 Å². The number of fused-ring (bicyclic) bond motifs is 1. The van der Waals surface area contributed by atoms with Gasteiger partial charge in [0.25, 0.3) is 0 Å². The summed E-state index contributed by atoms with van der Waals surface area (Å²) in [6.07, 6.45) is 1.44. The summed E-state index contributed by atoms with van der Waals surface area (Å²) in [6.45, 7) is 0. The van der Waals surface area contributed by atoms with E-state index in [4.69, 9.17) is 4.42 Å². The average molecular weight is 393 g/mol. The van der Waals surface area contributed by atoms with Crippen LogP contribution in [-0.2, 0) is 20.0 Å². The summed E-state index contributed by atoms with van der Waals surface area (Å²) >= 11 is 0. The first-order valence-electron chi connectivity index (χ1n) is 7.42. The molecule has 0 atom stereocenters. The van der Waals surface area contributed by atoms with Crippen molar-refractivity contribution in [2.45, 2.75) is 0 Å². The standard InChI is InChI=1S/C17H15NO6S2/c1-25(20,21)18(26(2,22)23)15-16(19)13-10-6-7-11-14(13)24-17(15)12-8-4-3-5-9-12/h3-11H,1-2H3. The Bertz CT molecular complexity index is 1210. The highest BCUT2D eigenvalue weighted by atomic mass is 32.3. The van der Waals surface area contributed by atoms with Gasteiger partial charge in [-0.25, -0.2) is 16.8 Å². The van der Waals surface area contributed by atoms with Crippen LogP contribution in [0, 0.1) is 0 Å². The maximum atomic E-state index is 13.0. The lowest BCUT2D eigenvalue weighted by atomic mass is 10.1. The summed E-state index contributed by atoms with van der Waals surface area (Å²) in [5.41, 5.74) is -0.703. The Kier molecular flexibility index (Phi) is 4.37. The van der Waals surface area contributed by atoms with E-state index < -0.39 is 31.2 Å². The van der Waals surface area contributed by atoms with Gasteiger partial charge in [-0.3, -0.25) is 4.79 Å². The molecule has 26 heavy (non-hydrogen) atoms. The minimum absolute atomic E-state index is 0.0829. The monoisotopic (exact) mass is 393 g/mol. The van der Waals surface area contributed by atoms with Crippen molar-refractivity contribution in [2.75, 3.05) is 16.2 Å². The van der Waals surface area contributed by atoms with E-state index in [9.17, 15) is 21.6 Å². The van der Waals surface area contributed by atoms with E-state index in [1.807, 2.05) is 0 Å². The van der Waals surface area contributed by atoms with Crippen LogP contribution in [0.2, 0.25) is 0 Å². The van der Waals surface area contributed by atoms with Crippen LogP contribution >= 0.6 is 0 Å². The first kappa shape index (κ1) is 18.2.